The van der Waals surface area contributed by atoms with E-state index in [0.29, 0.717) is 30.6 Å². The van der Waals surface area contributed by atoms with E-state index in [1.54, 1.807) is 11.0 Å². The van der Waals surface area contributed by atoms with Gasteiger partial charge in [-0.1, -0.05) is 12.1 Å². The van der Waals surface area contributed by atoms with Crippen molar-refractivity contribution in [3.05, 3.63) is 65.0 Å². The van der Waals surface area contributed by atoms with Gasteiger partial charge in [-0.3, -0.25) is 4.90 Å². The Morgan fingerprint density at radius 1 is 1.07 bits per heavy atom. The zero-order valence-corrected chi connectivity index (χ0v) is 23.7. The van der Waals surface area contributed by atoms with Gasteiger partial charge in [-0.05, 0) is 91.7 Å². The highest BCUT2D eigenvalue weighted by atomic mass is 19.4. The molecule has 6 nitrogen and oxygen atoms in total. The molecule has 4 aliphatic rings. The van der Waals surface area contributed by atoms with Crippen molar-refractivity contribution < 1.29 is 22.4 Å². The summed E-state index contributed by atoms with van der Waals surface area (Å²) < 4.78 is 53.9. The first-order chi connectivity index (χ1) is 20.1. The third kappa shape index (κ3) is 6.28. The molecule has 6 rings (SSSR count). The van der Waals surface area contributed by atoms with Gasteiger partial charge in [-0.15, -0.1) is 0 Å². The van der Waals surface area contributed by atoms with Gasteiger partial charge in [0.2, 0.25) is 0 Å². The Morgan fingerprint density at radius 3 is 2.52 bits per heavy atom. The normalized spacial score (nSPS) is 26.3. The van der Waals surface area contributed by atoms with Crippen molar-refractivity contribution in [2.45, 2.75) is 56.2 Å². The first-order valence-corrected chi connectivity index (χ1v) is 15.0. The number of piperazine rings is 1. The van der Waals surface area contributed by atoms with Crippen molar-refractivity contribution in [3.63, 3.8) is 0 Å². The average Bonchev–Trinajstić information content (AvgIpc) is 3.90. The minimum absolute atomic E-state index is 0.0297. The number of halogens is 4. The van der Waals surface area contributed by atoms with E-state index >= 15 is 0 Å². The summed E-state index contributed by atoms with van der Waals surface area (Å²) in [5.41, 5.74) is 0.386. The van der Waals surface area contributed by atoms with Gasteiger partial charge >= 0.3 is 12.2 Å². The lowest BCUT2D eigenvalue weighted by Crippen LogP contribution is -2.52. The summed E-state index contributed by atoms with van der Waals surface area (Å²) in [4.78, 5) is 20.3. The number of nitrogens with one attached hydrogen (secondary N) is 1. The van der Waals surface area contributed by atoms with E-state index in [0.717, 1.165) is 63.8 Å². The van der Waals surface area contributed by atoms with E-state index < -0.39 is 23.6 Å². The Morgan fingerprint density at radius 2 is 1.83 bits per heavy atom. The van der Waals surface area contributed by atoms with Crippen molar-refractivity contribution in [1.82, 2.24) is 14.7 Å². The summed E-state index contributed by atoms with van der Waals surface area (Å²) in [6.45, 7) is 6.21. The minimum Gasteiger partial charge on any atom is -0.320 e. The summed E-state index contributed by atoms with van der Waals surface area (Å²) in [6, 6.07) is 12.1. The second-order valence-corrected chi connectivity index (χ2v) is 12.6. The van der Waals surface area contributed by atoms with Crippen LogP contribution in [0.1, 0.15) is 55.2 Å². The number of nitriles is 1. The van der Waals surface area contributed by atoms with Crippen molar-refractivity contribution >= 4 is 11.7 Å². The number of anilines is 1. The van der Waals surface area contributed by atoms with Crippen LogP contribution in [0.25, 0.3) is 0 Å². The van der Waals surface area contributed by atoms with Crippen molar-refractivity contribution in [2.24, 2.45) is 11.8 Å². The third-order valence-corrected chi connectivity index (χ3v) is 9.84. The minimum atomic E-state index is -4.85. The lowest BCUT2D eigenvalue weighted by atomic mass is 9.80. The number of carbonyl (C=O) groups is 1. The SMILES string of the molecule is N#Cc1cccc([C@]23CC[C@@H](N(CCN4CCN(CC5CC5)CC4)C(=O)Nc4ccc(F)c(C(F)(F)F)c4)C[C@H]2C3)c1. The Balaban J connectivity index is 1.14. The van der Waals surface area contributed by atoms with Crippen LogP contribution in [0.5, 0.6) is 0 Å². The number of hydrogen-bond donors (Lipinski definition) is 1. The van der Waals surface area contributed by atoms with Crippen molar-refractivity contribution in [3.8, 4) is 6.07 Å². The largest absolute Gasteiger partial charge is 0.419 e. The molecule has 1 saturated heterocycles. The number of rotatable bonds is 8. The molecule has 42 heavy (non-hydrogen) atoms. The zero-order chi connectivity index (χ0) is 29.5. The molecule has 4 fully saturated rings. The van der Waals surface area contributed by atoms with Crippen LogP contribution in [-0.4, -0.2) is 72.6 Å². The summed E-state index contributed by atoms with van der Waals surface area (Å²) in [5, 5.41) is 12.0. The molecule has 0 aromatic heterocycles. The fourth-order valence-corrected chi connectivity index (χ4v) is 7.12. The Labute approximate surface area is 244 Å². The summed E-state index contributed by atoms with van der Waals surface area (Å²) in [7, 11) is 0. The molecule has 224 valence electrons. The maximum absolute atomic E-state index is 13.9. The number of carbonyl (C=O) groups excluding carboxylic acids is 1. The predicted octanol–water partition coefficient (Wildman–Crippen LogP) is 6.09. The molecule has 1 aliphatic heterocycles. The van der Waals surface area contributed by atoms with Crippen molar-refractivity contribution in [2.75, 3.05) is 51.1 Å². The zero-order valence-electron chi connectivity index (χ0n) is 23.7. The molecule has 2 amide bonds. The van der Waals surface area contributed by atoms with Crippen LogP contribution < -0.4 is 5.32 Å². The van der Waals surface area contributed by atoms with Crippen LogP contribution in [0.4, 0.5) is 28.0 Å². The molecule has 0 spiro atoms. The molecule has 1 heterocycles. The highest BCUT2D eigenvalue weighted by Gasteiger charge is 2.58. The van der Waals surface area contributed by atoms with Crippen LogP contribution in [0.2, 0.25) is 0 Å². The van der Waals surface area contributed by atoms with Gasteiger partial charge in [0.05, 0.1) is 17.2 Å². The fourth-order valence-electron chi connectivity index (χ4n) is 7.12. The third-order valence-electron chi connectivity index (χ3n) is 9.84. The first kappa shape index (κ1) is 28.9. The van der Waals surface area contributed by atoms with E-state index in [1.807, 2.05) is 12.1 Å². The topological polar surface area (TPSA) is 62.6 Å². The number of urea groups is 1. The molecule has 0 unspecified atom stereocenters. The second kappa shape index (κ2) is 11.5. The van der Waals surface area contributed by atoms with Gasteiger partial charge < -0.3 is 15.1 Å². The van der Waals surface area contributed by atoms with E-state index in [1.165, 1.54) is 31.0 Å². The molecule has 1 N–H and O–H groups in total. The second-order valence-electron chi connectivity index (χ2n) is 12.6. The molecular weight excluding hydrogens is 546 g/mol. The van der Waals surface area contributed by atoms with Crippen LogP contribution in [0, 0.1) is 29.0 Å². The van der Waals surface area contributed by atoms with Gasteiger partial charge in [0.25, 0.3) is 0 Å². The van der Waals surface area contributed by atoms with Crippen LogP contribution >= 0.6 is 0 Å². The quantitative estimate of drug-likeness (QED) is 0.382. The van der Waals surface area contributed by atoms with Gasteiger partial charge in [0, 0.05) is 57.5 Å². The maximum atomic E-state index is 13.9. The molecule has 3 aliphatic carbocycles. The van der Waals surface area contributed by atoms with Gasteiger partial charge in [0.1, 0.15) is 5.82 Å². The standard InChI is InChI=1S/C32H37F4N5O/c33-29-7-6-26(18-28(29)32(34,35)36)38-30(42)41(15-14-39-10-12-40(13-11-39)21-22-4-5-22)27-8-9-31(19-25(31)17-27)24-3-1-2-23(16-24)20-37/h1-3,6-7,16,18,22,25,27H,4-5,8-15,17,19,21H2,(H,38,42)/t25-,27+,31+/m0/s1. The molecule has 0 radical (unpaired) electrons. The van der Waals surface area contributed by atoms with Crippen LogP contribution in [-0.2, 0) is 11.6 Å². The molecule has 2 aromatic rings. The summed E-state index contributed by atoms with van der Waals surface area (Å²) >= 11 is 0. The maximum Gasteiger partial charge on any atom is 0.419 e. The monoisotopic (exact) mass is 583 g/mol. The highest BCUT2D eigenvalue weighted by molar-refractivity contribution is 5.89. The summed E-state index contributed by atoms with van der Waals surface area (Å²) in [5.74, 6) is -0.131. The van der Waals surface area contributed by atoms with E-state index in [9.17, 15) is 27.6 Å². The van der Waals surface area contributed by atoms with Gasteiger partial charge in [-0.25, -0.2) is 9.18 Å². The Hall–Kier alpha value is -3.16. The van der Waals surface area contributed by atoms with E-state index in [4.69, 9.17) is 0 Å². The number of fused-ring (bicyclic) bond motifs is 1. The highest BCUT2D eigenvalue weighted by Crippen LogP contribution is 2.63. The summed E-state index contributed by atoms with van der Waals surface area (Å²) in [6.07, 6.45) is 1.27. The number of amides is 2. The average molecular weight is 584 g/mol. The molecule has 10 heteroatoms. The number of alkyl halides is 3. The number of hydrogen-bond acceptors (Lipinski definition) is 4. The molecule has 2 aromatic carbocycles. The Bertz CT molecular complexity index is 1350. The fraction of sp³-hybridized carbons (Fsp3) is 0.562. The Kier molecular flexibility index (Phi) is 7.92. The number of benzene rings is 2. The predicted molar refractivity (Wildman–Crippen MR) is 151 cm³/mol. The molecule has 3 saturated carbocycles. The number of nitrogens with zero attached hydrogens (tertiary/aromatic N) is 4. The lowest BCUT2D eigenvalue weighted by Gasteiger charge is -2.39. The van der Waals surface area contributed by atoms with Crippen LogP contribution in [0.15, 0.2) is 42.5 Å². The molecular formula is C32H37F4N5O. The molecule has 0 bridgehead atoms. The van der Waals surface area contributed by atoms with E-state index in [2.05, 4.69) is 27.3 Å². The van der Waals surface area contributed by atoms with Crippen LogP contribution in [0.3, 0.4) is 0 Å². The molecule has 3 atom stereocenters. The lowest BCUT2D eigenvalue weighted by molar-refractivity contribution is -0.139. The smallest absolute Gasteiger partial charge is 0.320 e. The van der Waals surface area contributed by atoms with Gasteiger partial charge in [-0.2, -0.15) is 18.4 Å². The first-order valence-electron chi connectivity index (χ1n) is 15.0. The van der Waals surface area contributed by atoms with Gasteiger partial charge in [0.15, 0.2) is 0 Å². The van der Waals surface area contributed by atoms with Crippen molar-refractivity contribution in [1.29, 1.82) is 5.26 Å². The van der Waals surface area contributed by atoms with E-state index in [-0.39, 0.29) is 17.1 Å².